The number of amides is 2. The number of nitrogens with zero attached hydrogens (tertiary/aromatic N) is 3. The van der Waals surface area contributed by atoms with Crippen LogP contribution in [0.1, 0.15) is 30.9 Å². The first-order valence-corrected chi connectivity index (χ1v) is 9.85. The summed E-state index contributed by atoms with van der Waals surface area (Å²) in [5.41, 5.74) is 3.28. The zero-order valence-electron chi connectivity index (χ0n) is 16.0. The monoisotopic (exact) mass is 383 g/mol. The van der Waals surface area contributed by atoms with Crippen LogP contribution in [0, 0.1) is 0 Å². The molecule has 0 saturated carbocycles. The Kier molecular flexibility index (Phi) is 5.13. The zero-order valence-corrected chi connectivity index (χ0v) is 16.0. The van der Waals surface area contributed by atoms with Crippen LogP contribution < -0.4 is 10.9 Å². The quantitative estimate of drug-likeness (QED) is 0.797. The minimum Gasteiger partial charge on any atom is -0.344 e. The summed E-state index contributed by atoms with van der Waals surface area (Å²) in [7, 11) is 0. The van der Waals surface area contributed by atoms with Crippen LogP contribution in [0.2, 0.25) is 0 Å². The van der Waals surface area contributed by atoms with Gasteiger partial charge in [-0.15, -0.1) is 0 Å². The highest BCUT2D eigenvalue weighted by molar-refractivity contribution is 5.90. The number of rotatable bonds is 4. The highest BCUT2D eigenvalue weighted by Gasteiger charge is 2.32. The Morgan fingerprint density at radius 2 is 2.00 bits per heavy atom. The summed E-state index contributed by atoms with van der Waals surface area (Å²) in [6, 6.07) is 3.48. The molecule has 1 atom stereocenters. The molecule has 8 heteroatoms. The molecule has 2 saturated heterocycles. The lowest BCUT2D eigenvalue weighted by Gasteiger charge is -2.35. The van der Waals surface area contributed by atoms with Crippen molar-refractivity contribution in [1.82, 2.24) is 25.1 Å². The molecule has 28 heavy (non-hydrogen) atoms. The predicted octanol–water partition coefficient (Wildman–Crippen LogP) is 0.408. The van der Waals surface area contributed by atoms with Gasteiger partial charge in [0.25, 0.3) is 5.56 Å². The maximum absolute atomic E-state index is 12.5. The van der Waals surface area contributed by atoms with Gasteiger partial charge in [-0.25, -0.2) is 0 Å². The lowest BCUT2D eigenvalue weighted by Crippen LogP contribution is -2.53. The van der Waals surface area contributed by atoms with Gasteiger partial charge in [0.15, 0.2) is 0 Å². The largest absolute Gasteiger partial charge is 0.344 e. The van der Waals surface area contributed by atoms with Crippen LogP contribution in [0.3, 0.4) is 0 Å². The molecular weight excluding hydrogens is 358 g/mol. The molecule has 2 aliphatic heterocycles. The Hall–Kier alpha value is -2.74. The molecule has 2 fully saturated rings. The fourth-order valence-corrected chi connectivity index (χ4v) is 3.92. The molecule has 2 aromatic rings. The number of carbonyl (C=O) groups excluding carboxylic acids is 2. The maximum Gasteiger partial charge on any atom is 0.251 e. The number of carbonyl (C=O) groups is 2. The Balaban J connectivity index is 1.37. The van der Waals surface area contributed by atoms with Gasteiger partial charge in [-0.2, -0.15) is 0 Å². The van der Waals surface area contributed by atoms with E-state index >= 15 is 0 Å². The van der Waals surface area contributed by atoms with Crippen LogP contribution in [-0.2, 0) is 22.6 Å². The highest BCUT2D eigenvalue weighted by Crippen LogP contribution is 2.15. The van der Waals surface area contributed by atoms with Crippen LogP contribution in [0.4, 0.5) is 0 Å². The maximum atomic E-state index is 12.5. The number of piperazine rings is 1. The fraction of sp³-hybridized carbons (Fsp3) is 0.500. The van der Waals surface area contributed by atoms with E-state index in [2.05, 4.69) is 20.2 Å². The third-order valence-electron chi connectivity index (χ3n) is 5.59. The molecule has 0 aliphatic carbocycles. The predicted molar refractivity (Wildman–Crippen MR) is 105 cm³/mol. The molecule has 0 aromatic carbocycles. The van der Waals surface area contributed by atoms with Crippen molar-refractivity contribution in [2.75, 3.05) is 26.2 Å². The number of hydrogen-bond acceptors (Lipinski definition) is 5. The standard InChI is InChI=1S/C20H25N5O3/c1-2-14-10-16-17(23-19(14)27)9-13(11-21-16)12-24-5-7-25(8-6-24)20(28)15-3-4-18(26)22-15/h9-11,15H,2-8,12H2,1H3,(H,22,26)(H,23,27)/t15-/m0/s1. The van der Waals surface area contributed by atoms with Gasteiger partial charge in [-0.3, -0.25) is 24.3 Å². The number of aromatic nitrogens is 2. The summed E-state index contributed by atoms with van der Waals surface area (Å²) in [4.78, 5) is 47.4. The molecule has 8 nitrogen and oxygen atoms in total. The van der Waals surface area contributed by atoms with Crippen molar-refractivity contribution >= 4 is 22.8 Å². The summed E-state index contributed by atoms with van der Waals surface area (Å²) >= 11 is 0. The fourth-order valence-electron chi connectivity index (χ4n) is 3.92. The average molecular weight is 383 g/mol. The lowest BCUT2D eigenvalue weighted by molar-refractivity contribution is -0.136. The third-order valence-corrected chi connectivity index (χ3v) is 5.59. The van der Waals surface area contributed by atoms with Crippen LogP contribution >= 0.6 is 0 Å². The second-order valence-electron chi connectivity index (χ2n) is 7.51. The van der Waals surface area contributed by atoms with Crippen LogP contribution in [0.15, 0.2) is 23.1 Å². The lowest BCUT2D eigenvalue weighted by atomic mass is 10.1. The SMILES string of the molecule is CCc1cc2ncc(CN3CCN(C(=O)[C@@H]4CCC(=O)N4)CC3)cc2[nH]c1=O. The van der Waals surface area contributed by atoms with Crippen LogP contribution in [0.5, 0.6) is 0 Å². The Morgan fingerprint density at radius 1 is 1.21 bits per heavy atom. The van der Waals surface area contributed by atoms with Gasteiger partial charge in [-0.05, 0) is 30.5 Å². The number of fused-ring (bicyclic) bond motifs is 1. The number of aromatic amines is 1. The van der Waals surface area contributed by atoms with Crippen molar-refractivity contribution in [3.63, 3.8) is 0 Å². The molecule has 0 unspecified atom stereocenters. The van der Waals surface area contributed by atoms with E-state index in [-0.39, 0.29) is 23.4 Å². The summed E-state index contributed by atoms with van der Waals surface area (Å²) in [6.07, 6.45) is 3.57. The van der Waals surface area contributed by atoms with Gasteiger partial charge in [0.1, 0.15) is 6.04 Å². The number of hydrogen-bond donors (Lipinski definition) is 2. The number of nitrogens with one attached hydrogen (secondary N) is 2. The number of pyridine rings is 2. The van der Waals surface area contributed by atoms with E-state index in [9.17, 15) is 14.4 Å². The molecule has 2 aromatic heterocycles. The molecule has 0 bridgehead atoms. The number of H-pyrrole nitrogens is 1. The molecule has 0 spiro atoms. The molecule has 4 heterocycles. The second-order valence-corrected chi connectivity index (χ2v) is 7.51. The van der Waals surface area contributed by atoms with E-state index in [0.717, 1.165) is 41.8 Å². The molecule has 2 N–H and O–H groups in total. The zero-order chi connectivity index (χ0) is 19.7. The minimum atomic E-state index is -0.353. The van der Waals surface area contributed by atoms with E-state index in [1.54, 1.807) is 0 Å². The molecule has 2 amide bonds. The van der Waals surface area contributed by atoms with E-state index in [4.69, 9.17) is 0 Å². The van der Waals surface area contributed by atoms with Crippen molar-refractivity contribution in [2.45, 2.75) is 38.8 Å². The summed E-state index contributed by atoms with van der Waals surface area (Å²) in [6.45, 7) is 5.54. The molecule has 2 aliphatic rings. The van der Waals surface area contributed by atoms with E-state index in [1.165, 1.54) is 0 Å². The van der Waals surface area contributed by atoms with Crippen LogP contribution in [-0.4, -0.2) is 63.8 Å². The average Bonchev–Trinajstić information content (AvgIpc) is 3.14. The first kappa shape index (κ1) is 18.6. The van der Waals surface area contributed by atoms with E-state index < -0.39 is 0 Å². The highest BCUT2D eigenvalue weighted by atomic mass is 16.2. The summed E-state index contributed by atoms with van der Waals surface area (Å²) in [5.74, 6) is -0.00735. The van der Waals surface area contributed by atoms with E-state index in [1.807, 2.05) is 30.2 Å². The number of aryl methyl sites for hydroxylation is 1. The summed E-state index contributed by atoms with van der Waals surface area (Å²) < 4.78 is 0. The van der Waals surface area contributed by atoms with Gasteiger partial charge in [-0.1, -0.05) is 6.92 Å². The Morgan fingerprint density at radius 3 is 2.68 bits per heavy atom. The topological polar surface area (TPSA) is 98.4 Å². The Bertz CT molecular complexity index is 962. The molecular formula is C20H25N5O3. The van der Waals surface area contributed by atoms with Gasteiger partial charge in [0.05, 0.1) is 11.0 Å². The normalized spacial score (nSPS) is 20.5. The van der Waals surface area contributed by atoms with Crippen molar-refractivity contribution in [3.8, 4) is 0 Å². The molecule has 0 radical (unpaired) electrons. The second kappa shape index (κ2) is 7.71. The minimum absolute atomic E-state index is 0.0298. The van der Waals surface area contributed by atoms with Crippen molar-refractivity contribution < 1.29 is 9.59 Å². The van der Waals surface area contributed by atoms with Gasteiger partial charge < -0.3 is 15.2 Å². The van der Waals surface area contributed by atoms with Gasteiger partial charge in [0, 0.05) is 50.9 Å². The van der Waals surface area contributed by atoms with Crippen molar-refractivity contribution in [2.24, 2.45) is 0 Å². The van der Waals surface area contributed by atoms with Gasteiger partial charge in [0.2, 0.25) is 11.8 Å². The molecule has 148 valence electrons. The van der Waals surface area contributed by atoms with Gasteiger partial charge >= 0.3 is 0 Å². The van der Waals surface area contributed by atoms with Crippen molar-refractivity contribution in [1.29, 1.82) is 0 Å². The van der Waals surface area contributed by atoms with Crippen molar-refractivity contribution in [3.05, 3.63) is 39.8 Å². The summed E-state index contributed by atoms with van der Waals surface area (Å²) in [5, 5.41) is 2.75. The van der Waals surface area contributed by atoms with E-state index in [0.29, 0.717) is 32.4 Å². The first-order valence-electron chi connectivity index (χ1n) is 9.85. The van der Waals surface area contributed by atoms with Crippen LogP contribution in [0.25, 0.3) is 11.0 Å². The Labute approximate surface area is 162 Å². The smallest absolute Gasteiger partial charge is 0.251 e. The first-order chi connectivity index (χ1) is 13.5. The molecule has 4 rings (SSSR count). The third kappa shape index (κ3) is 3.77.